The van der Waals surface area contributed by atoms with Gasteiger partial charge in [-0.2, -0.15) is 0 Å². The lowest BCUT2D eigenvalue weighted by atomic mass is 9.97. The average Bonchev–Trinajstić information content (AvgIpc) is 3.15. The molecule has 0 spiro atoms. The van der Waals surface area contributed by atoms with Crippen LogP contribution in [0.3, 0.4) is 0 Å². The molecule has 0 aromatic rings. The summed E-state index contributed by atoms with van der Waals surface area (Å²) in [5.41, 5.74) is 0. The quantitative estimate of drug-likeness (QED) is 0.0454. The number of ether oxygens (including phenoxy) is 4. The molecule has 12 atom stereocenters. The zero-order valence-corrected chi connectivity index (χ0v) is 31.5. The molecule has 12 unspecified atom stereocenters. The number of unbranched alkanes of at least 4 members (excludes halogenated alkanes) is 5. The number of nitrogens with one attached hydrogen (secondary N) is 1. The van der Waals surface area contributed by atoms with Gasteiger partial charge < -0.3 is 65.1 Å². The summed E-state index contributed by atoms with van der Waals surface area (Å²) in [5, 5.41) is 85.9. The van der Waals surface area contributed by atoms with Crippen LogP contribution in [0.15, 0.2) is 48.6 Å². The number of carbonyl (C=O) groups excluding carboxylic acids is 1. The van der Waals surface area contributed by atoms with Gasteiger partial charge in [0.05, 0.1) is 32.0 Å². The smallest absolute Gasteiger partial charge is 0.220 e. The maximum atomic E-state index is 12.9. The number of amides is 1. The van der Waals surface area contributed by atoms with Gasteiger partial charge in [-0.05, 0) is 38.5 Å². The van der Waals surface area contributed by atoms with E-state index in [-0.39, 0.29) is 18.9 Å². The average molecular weight is 758 g/mol. The van der Waals surface area contributed by atoms with Crippen molar-refractivity contribution in [2.24, 2.45) is 0 Å². The van der Waals surface area contributed by atoms with Crippen molar-refractivity contribution in [3.63, 3.8) is 0 Å². The molecule has 0 bridgehead atoms. The lowest BCUT2D eigenvalue weighted by Gasteiger charge is -2.46. The molecular weight excluding hydrogens is 690 g/mol. The van der Waals surface area contributed by atoms with Crippen LogP contribution >= 0.6 is 0 Å². The van der Waals surface area contributed by atoms with E-state index in [9.17, 15) is 45.6 Å². The lowest BCUT2D eigenvalue weighted by molar-refractivity contribution is -0.359. The van der Waals surface area contributed by atoms with E-state index in [2.05, 4.69) is 55.6 Å². The van der Waals surface area contributed by atoms with Gasteiger partial charge >= 0.3 is 0 Å². The third-order valence-corrected chi connectivity index (χ3v) is 9.32. The van der Waals surface area contributed by atoms with Crippen LogP contribution in [0, 0.1) is 0 Å². The number of allylic oxidation sites excluding steroid dienone is 8. The highest BCUT2D eigenvalue weighted by Gasteiger charge is 2.50. The summed E-state index contributed by atoms with van der Waals surface area (Å²) in [6, 6.07) is -0.862. The van der Waals surface area contributed by atoms with Crippen LogP contribution in [0.2, 0.25) is 0 Å². The molecule has 2 rings (SSSR count). The molecule has 0 aromatic heterocycles. The predicted molar refractivity (Wildman–Crippen MR) is 198 cm³/mol. The second-order valence-electron chi connectivity index (χ2n) is 13.7. The van der Waals surface area contributed by atoms with E-state index in [1.807, 2.05) is 12.2 Å². The van der Waals surface area contributed by atoms with Gasteiger partial charge in [-0.15, -0.1) is 0 Å². The van der Waals surface area contributed by atoms with Gasteiger partial charge in [0, 0.05) is 6.42 Å². The second-order valence-corrected chi connectivity index (χ2v) is 13.7. The fourth-order valence-electron chi connectivity index (χ4n) is 6.07. The van der Waals surface area contributed by atoms with Gasteiger partial charge in [0.15, 0.2) is 12.6 Å². The summed E-state index contributed by atoms with van der Waals surface area (Å²) in [5.74, 6) is -0.297. The summed E-state index contributed by atoms with van der Waals surface area (Å²) in [7, 11) is 0. The van der Waals surface area contributed by atoms with Gasteiger partial charge in [-0.25, -0.2) is 0 Å². The van der Waals surface area contributed by atoms with Crippen molar-refractivity contribution in [3.8, 4) is 0 Å². The largest absolute Gasteiger partial charge is 0.394 e. The maximum absolute atomic E-state index is 12.9. The van der Waals surface area contributed by atoms with E-state index >= 15 is 0 Å². The third-order valence-electron chi connectivity index (χ3n) is 9.32. The van der Waals surface area contributed by atoms with E-state index in [4.69, 9.17) is 18.9 Å². The van der Waals surface area contributed by atoms with Crippen molar-refractivity contribution in [2.45, 2.75) is 171 Å². The van der Waals surface area contributed by atoms with Crippen LogP contribution in [0.4, 0.5) is 0 Å². The first-order valence-electron chi connectivity index (χ1n) is 19.4. The third kappa shape index (κ3) is 17.1. The molecule has 2 aliphatic heterocycles. The number of hydrogen-bond donors (Lipinski definition) is 9. The first-order valence-corrected chi connectivity index (χ1v) is 19.4. The monoisotopic (exact) mass is 757 g/mol. The van der Waals surface area contributed by atoms with Crippen molar-refractivity contribution >= 4 is 5.91 Å². The Morgan fingerprint density at radius 2 is 1.26 bits per heavy atom. The first-order chi connectivity index (χ1) is 25.6. The Morgan fingerprint density at radius 3 is 1.89 bits per heavy atom. The zero-order valence-electron chi connectivity index (χ0n) is 31.5. The van der Waals surface area contributed by atoms with Crippen molar-refractivity contribution < 1.29 is 64.6 Å². The molecule has 2 aliphatic rings. The molecule has 1 amide bonds. The Hall–Kier alpha value is -2.05. The molecule has 2 heterocycles. The highest BCUT2D eigenvalue weighted by Crippen LogP contribution is 2.29. The standard InChI is InChI=1S/C39H67NO13/c1-3-5-7-9-11-12-13-14-15-16-17-19-21-23-31(44)40-27(28(43)22-20-18-10-8-6-4-2)26-50-38-36(49)34(47)37(30(25-42)52-38)53-39-35(48)33(46)32(45)29(24-41)51-39/h5,7,11-12,14-15,17,19,27-30,32-39,41-43,45-49H,3-4,6,8-10,13,16,18,20-26H2,1-2H3,(H,40,44)/b7-5-,12-11-,15-14-,19-17-. The number of hydrogen-bond acceptors (Lipinski definition) is 13. The molecule has 53 heavy (non-hydrogen) atoms. The number of aliphatic hydroxyl groups excluding tert-OH is 8. The molecular formula is C39H67NO13. The Balaban J connectivity index is 1.95. The van der Waals surface area contributed by atoms with Gasteiger partial charge in [0.25, 0.3) is 0 Å². The van der Waals surface area contributed by atoms with Crippen molar-refractivity contribution in [2.75, 3.05) is 19.8 Å². The second kappa shape index (κ2) is 27.5. The number of aliphatic hydroxyl groups is 8. The molecule has 2 saturated heterocycles. The Kier molecular flexibility index (Phi) is 24.5. The van der Waals surface area contributed by atoms with E-state index in [1.54, 1.807) is 0 Å². The van der Waals surface area contributed by atoms with Crippen molar-refractivity contribution in [1.82, 2.24) is 5.32 Å². The molecule has 0 aliphatic carbocycles. The SMILES string of the molecule is CC/C=C\C/C=C\C/C=C\C/C=C\CCC(=O)NC(COC1OC(CO)C(OC2OC(CO)C(O)C(O)C2O)C(O)C1O)C(O)CCCCCCCC. The van der Waals surface area contributed by atoms with Crippen LogP contribution in [-0.2, 0) is 23.7 Å². The normalized spacial score (nSPS) is 30.9. The minimum Gasteiger partial charge on any atom is -0.394 e. The van der Waals surface area contributed by atoms with E-state index < -0.39 is 86.8 Å². The maximum Gasteiger partial charge on any atom is 0.220 e. The Bertz CT molecular complexity index is 1080. The van der Waals surface area contributed by atoms with Gasteiger partial charge in [0.1, 0.15) is 48.8 Å². The fraction of sp³-hybridized carbons (Fsp3) is 0.769. The highest BCUT2D eigenvalue weighted by molar-refractivity contribution is 5.76. The number of carbonyl (C=O) groups is 1. The summed E-state index contributed by atoms with van der Waals surface area (Å²) in [6.07, 6.45) is 10.5. The molecule has 14 nitrogen and oxygen atoms in total. The van der Waals surface area contributed by atoms with Gasteiger partial charge in [-0.1, -0.05) is 101 Å². The zero-order chi connectivity index (χ0) is 39.0. The van der Waals surface area contributed by atoms with E-state index in [0.29, 0.717) is 12.8 Å². The van der Waals surface area contributed by atoms with Gasteiger partial charge in [0.2, 0.25) is 5.91 Å². The van der Waals surface area contributed by atoms with Crippen LogP contribution in [0.25, 0.3) is 0 Å². The summed E-state index contributed by atoms with van der Waals surface area (Å²) in [6.45, 7) is 2.54. The molecule has 9 N–H and O–H groups in total. The predicted octanol–water partition coefficient (Wildman–Crippen LogP) is 1.81. The molecule has 0 aromatic carbocycles. The summed E-state index contributed by atoms with van der Waals surface area (Å²) < 4.78 is 22.5. The van der Waals surface area contributed by atoms with Crippen LogP contribution < -0.4 is 5.32 Å². The summed E-state index contributed by atoms with van der Waals surface area (Å²) >= 11 is 0. The van der Waals surface area contributed by atoms with Crippen molar-refractivity contribution in [3.05, 3.63) is 48.6 Å². The minimum absolute atomic E-state index is 0.180. The lowest BCUT2D eigenvalue weighted by Crippen LogP contribution is -2.65. The highest BCUT2D eigenvalue weighted by atomic mass is 16.7. The van der Waals surface area contributed by atoms with E-state index in [1.165, 1.54) is 0 Å². The van der Waals surface area contributed by atoms with Crippen LogP contribution in [-0.4, -0.2) is 140 Å². The fourth-order valence-corrected chi connectivity index (χ4v) is 6.07. The first kappa shape index (κ1) is 47.1. The molecule has 0 saturated carbocycles. The van der Waals surface area contributed by atoms with Gasteiger partial charge in [-0.3, -0.25) is 4.79 Å². The molecule has 0 radical (unpaired) electrons. The molecule has 306 valence electrons. The van der Waals surface area contributed by atoms with Crippen LogP contribution in [0.5, 0.6) is 0 Å². The topological polar surface area (TPSA) is 228 Å². The Labute approximate surface area is 314 Å². The van der Waals surface area contributed by atoms with Crippen LogP contribution in [0.1, 0.15) is 97.3 Å². The van der Waals surface area contributed by atoms with E-state index in [0.717, 1.165) is 64.2 Å². The Morgan fingerprint density at radius 1 is 0.698 bits per heavy atom. The molecule has 2 fully saturated rings. The molecule has 14 heteroatoms. The summed E-state index contributed by atoms with van der Waals surface area (Å²) in [4.78, 5) is 12.9. The van der Waals surface area contributed by atoms with Crippen molar-refractivity contribution in [1.29, 1.82) is 0 Å². The number of rotatable bonds is 26. The minimum atomic E-state index is -1.79.